The lowest BCUT2D eigenvalue weighted by molar-refractivity contribution is 0.512. The standard InChI is InChI=1S/C31H48/c1-14-24(21-15-17-22(18-16-21)28(2,3)4)25-19-23(29(5,6)7)20-26(30(8,9)10)27(25)31(11,12)13/h15-20,24H,14H2,1-13H3. The molecule has 172 valence electrons. The van der Waals surface area contributed by atoms with Gasteiger partial charge in [-0.3, -0.25) is 0 Å². The molecule has 0 aliphatic heterocycles. The number of benzene rings is 2. The molecule has 0 fully saturated rings. The Labute approximate surface area is 193 Å². The van der Waals surface area contributed by atoms with Gasteiger partial charge in [-0.1, -0.05) is 126 Å². The molecule has 0 saturated heterocycles. The van der Waals surface area contributed by atoms with Crippen LogP contribution in [0.3, 0.4) is 0 Å². The van der Waals surface area contributed by atoms with Gasteiger partial charge in [0.1, 0.15) is 0 Å². The predicted molar refractivity (Wildman–Crippen MR) is 140 cm³/mol. The van der Waals surface area contributed by atoms with E-state index in [-0.39, 0.29) is 21.7 Å². The molecule has 0 bridgehead atoms. The molecule has 2 aromatic rings. The highest BCUT2D eigenvalue weighted by molar-refractivity contribution is 5.52. The Morgan fingerprint density at radius 1 is 0.581 bits per heavy atom. The van der Waals surface area contributed by atoms with Crippen molar-refractivity contribution in [3.63, 3.8) is 0 Å². The Bertz CT molecular complexity index is 882. The van der Waals surface area contributed by atoms with Crippen LogP contribution in [0.2, 0.25) is 0 Å². The normalized spacial score (nSPS) is 14.6. The first-order chi connectivity index (χ1) is 13.9. The van der Waals surface area contributed by atoms with Gasteiger partial charge in [0, 0.05) is 5.92 Å². The Kier molecular flexibility index (Phi) is 6.98. The van der Waals surface area contributed by atoms with E-state index in [1.165, 1.54) is 27.8 Å². The maximum atomic E-state index is 2.53. The Morgan fingerprint density at radius 3 is 1.42 bits per heavy atom. The van der Waals surface area contributed by atoms with Gasteiger partial charge in [-0.05, 0) is 61.5 Å². The minimum Gasteiger partial charge on any atom is -0.0645 e. The summed E-state index contributed by atoms with van der Waals surface area (Å²) in [5.74, 6) is 0.409. The van der Waals surface area contributed by atoms with Gasteiger partial charge in [-0.15, -0.1) is 0 Å². The highest BCUT2D eigenvalue weighted by Gasteiger charge is 2.32. The molecular formula is C31H48. The third-order valence-corrected chi connectivity index (χ3v) is 6.56. The molecule has 0 aliphatic rings. The molecule has 0 nitrogen and oxygen atoms in total. The first-order valence-corrected chi connectivity index (χ1v) is 12.2. The third kappa shape index (κ3) is 5.82. The van der Waals surface area contributed by atoms with Gasteiger partial charge in [-0.25, -0.2) is 0 Å². The lowest BCUT2D eigenvalue weighted by Gasteiger charge is -2.37. The minimum absolute atomic E-state index is 0.0904. The van der Waals surface area contributed by atoms with Crippen LogP contribution in [-0.4, -0.2) is 0 Å². The van der Waals surface area contributed by atoms with Crippen molar-refractivity contribution in [1.82, 2.24) is 0 Å². The molecular weight excluding hydrogens is 372 g/mol. The van der Waals surface area contributed by atoms with Crippen molar-refractivity contribution in [3.05, 3.63) is 69.8 Å². The molecule has 0 heteroatoms. The fraction of sp³-hybridized carbons (Fsp3) is 0.613. The summed E-state index contributed by atoms with van der Waals surface area (Å²) in [7, 11) is 0. The van der Waals surface area contributed by atoms with Crippen molar-refractivity contribution in [2.45, 2.75) is 124 Å². The van der Waals surface area contributed by atoms with Crippen LogP contribution < -0.4 is 0 Å². The molecule has 1 atom stereocenters. The van der Waals surface area contributed by atoms with Crippen LogP contribution >= 0.6 is 0 Å². The first-order valence-electron chi connectivity index (χ1n) is 12.2. The van der Waals surface area contributed by atoms with E-state index in [4.69, 9.17) is 0 Å². The summed E-state index contributed by atoms with van der Waals surface area (Å²) in [4.78, 5) is 0. The van der Waals surface area contributed by atoms with Crippen molar-refractivity contribution in [1.29, 1.82) is 0 Å². The van der Waals surface area contributed by atoms with E-state index in [0.717, 1.165) is 6.42 Å². The van der Waals surface area contributed by atoms with Crippen molar-refractivity contribution >= 4 is 0 Å². The average molecular weight is 421 g/mol. The topological polar surface area (TPSA) is 0 Å². The molecule has 0 N–H and O–H groups in total. The highest BCUT2D eigenvalue weighted by Crippen LogP contribution is 2.44. The molecule has 0 aromatic heterocycles. The minimum atomic E-state index is 0.0904. The molecule has 1 unspecified atom stereocenters. The molecule has 31 heavy (non-hydrogen) atoms. The van der Waals surface area contributed by atoms with Gasteiger partial charge in [0.15, 0.2) is 0 Å². The van der Waals surface area contributed by atoms with E-state index in [1.54, 1.807) is 5.56 Å². The summed E-state index contributed by atoms with van der Waals surface area (Å²) in [5.41, 5.74) is 9.36. The maximum Gasteiger partial charge on any atom is 0.00898 e. The molecule has 0 saturated carbocycles. The van der Waals surface area contributed by atoms with E-state index in [1.807, 2.05) is 0 Å². The van der Waals surface area contributed by atoms with Crippen molar-refractivity contribution in [3.8, 4) is 0 Å². The maximum absolute atomic E-state index is 2.53. The summed E-state index contributed by atoms with van der Waals surface area (Å²) in [5, 5.41) is 0. The van der Waals surface area contributed by atoms with Crippen LogP contribution in [-0.2, 0) is 21.7 Å². The largest absolute Gasteiger partial charge is 0.0645 e. The monoisotopic (exact) mass is 420 g/mol. The van der Waals surface area contributed by atoms with Crippen molar-refractivity contribution in [2.75, 3.05) is 0 Å². The van der Waals surface area contributed by atoms with Crippen LogP contribution in [0.25, 0.3) is 0 Å². The van der Waals surface area contributed by atoms with Crippen LogP contribution in [0, 0.1) is 0 Å². The summed E-state index contributed by atoms with van der Waals surface area (Å²) < 4.78 is 0. The second-order valence-electron chi connectivity index (χ2n) is 13.6. The van der Waals surface area contributed by atoms with Gasteiger partial charge >= 0.3 is 0 Å². The first kappa shape index (κ1) is 25.7. The molecule has 2 rings (SSSR count). The van der Waals surface area contributed by atoms with E-state index >= 15 is 0 Å². The second-order valence-corrected chi connectivity index (χ2v) is 13.6. The molecule has 0 aliphatic carbocycles. The van der Waals surface area contributed by atoms with E-state index in [0.29, 0.717) is 5.92 Å². The number of hydrogen-bond acceptors (Lipinski definition) is 0. The summed E-state index contributed by atoms with van der Waals surface area (Å²) >= 11 is 0. The molecule has 2 aromatic carbocycles. The smallest absolute Gasteiger partial charge is 0.00898 e. The number of rotatable bonds is 3. The van der Waals surface area contributed by atoms with Crippen molar-refractivity contribution in [2.24, 2.45) is 0 Å². The van der Waals surface area contributed by atoms with Gasteiger partial charge < -0.3 is 0 Å². The molecule has 0 spiro atoms. The van der Waals surface area contributed by atoms with Crippen LogP contribution in [0.1, 0.15) is 136 Å². The second kappa shape index (κ2) is 8.42. The number of hydrogen-bond donors (Lipinski definition) is 0. The van der Waals surface area contributed by atoms with Crippen LogP contribution in [0.5, 0.6) is 0 Å². The zero-order valence-electron chi connectivity index (χ0n) is 22.7. The van der Waals surface area contributed by atoms with Crippen LogP contribution in [0.4, 0.5) is 0 Å². The SMILES string of the molecule is CCC(c1ccc(C(C)(C)C)cc1)c1cc(C(C)(C)C)cc(C(C)(C)C)c1C(C)(C)C. The lowest BCUT2D eigenvalue weighted by Crippen LogP contribution is -2.27. The van der Waals surface area contributed by atoms with Gasteiger partial charge in [0.2, 0.25) is 0 Å². The third-order valence-electron chi connectivity index (χ3n) is 6.56. The molecule has 0 heterocycles. The van der Waals surface area contributed by atoms with Crippen molar-refractivity contribution < 1.29 is 0 Å². The van der Waals surface area contributed by atoms with E-state index < -0.39 is 0 Å². The summed E-state index contributed by atoms with van der Waals surface area (Å²) in [6, 6.07) is 14.5. The summed E-state index contributed by atoms with van der Waals surface area (Å²) in [6.07, 6.45) is 1.11. The molecule has 0 radical (unpaired) electrons. The van der Waals surface area contributed by atoms with Gasteiger partial charge in [-0.2, -0.15) is 0 Å². The zero-order chi connectivity index (χ0) is 24.0. The molecule has 0 amide bonds. The lowest BCUT2D eigenvalue weighted by atomic mass is 9.67. The van der Waals surface area contributed by atoms with Crippen LogP contribution in [0.15, 0.2) is 36.4 Å². The van der Waals surface area contributed by atoms with Gasteiger partial charge in [0.05, 0.1) is 0 Å². The van der Waals surface area contributed by atoms with E-state index in [9.17, 15) is 0 Å². The Morgan fingerprint density at radius 2 is 1.06 bits per heavy atom. The quantitative estimate of drug-likeness (QED) is 0.464. The van der Waals surface area contributed by atoms with Gasteiger partial charge in [0.25, 0.3) is 0 Å². The highest BCUT2D eigenvalue weighted by atomic mass is 14.4. The average Bonchev–Trinajstić information content (AvgIpc) is 2.59. The fourth-order valence-corrected chi connectivity index (χ4v) is 4.65. The zero-order valence-corrected chi connectivity index (χ0v) is 22.7. The summed E-state index contributed by atoms with van der Waals surface area (Å²) in [6.45, 7) is 30.5. The Hall–Kier alpha value is -1.56. The van der Waals surface area contributed by atoms with E-state index in [2.05, 4.69) is 126 Å². The Balaban J connectivity index is 2.85. The fourth-order valence-electron chi connectivity index (χ4n) is 4.65. The predicted octanol–water partition coefficient (Wildman–Crippen LogP) is 9.42.